The number of rotatable bonds is 3. The number of hydrogen-bond acceptors (Lipinski definition) is 3. The minimum Gasteiger partial charge on any atom is -0.481 e. The molecule has 110 valence electrons. The zero-order chi connectivity index (χ0) is 15.1. The van der Waals surface area contributed by atoms with Gasteiger partial charge in [0.1, 0.15) is 5.82 Å². The van der Waals surface area contributed by atoms with Crippen LogP contribution >= 0.6 is 15.9 Å². The fraction of sp³-hybridized carbons (Fsp3) is 0.417. The van der Waals surface area contributed by atoms with Crippen LogP contribution in [0, 0.1) is 17.7 Å². The quantitative estimate of drug-likeness (QED) is 0.887. The minimum atomic E-state index is -3.80. The topological polar surface area (TPSA) is 74.7 Å². The summed E-state index contributed by atoms with van der Waals surface area (Å²) in [7, 11) is -3.80. The molecule has 0 saturated carbocycles. The lowest BCUT2D eigenvalue weighted by Gasteiger charge is -2.16. The van der Waals surface area contributed by atoms with E-state index in [2.05, 4.69) is 15.9 Å². The summed E-state index contributed by atoms with van der Waals surface area (Å²) in [5.74, 6) is -2.53. The van der Waals surface area contributed by atoms with Crippen LogP contribution in [-0.2, 0) is 14.8 Å². The number of aliphatic carboxylic acids is 1. The normalized spacial score (nSPS) is 23.9. The van der Waals surface area contributed by atoms with Crippen LogP contribution in [0.25, 0.3) is 0 Å². The Labute approximate surface area is 124 Å². The Morgan fingerprint density at radius 3 is 2.60 bits per heavy atom. The molecule has 1 fully saturated rings. The first kappa shape index (κ1) is 15.4. The van der Waals surface area contributed by atoms with Crippen molar-refractivity contribution in [2.45, 2.75) is 11.8 Å². The van der Waals surface area contributed by atoms with Gasteiger partial charge in [-0.3, -0.25) is 4.79 Å². The molecule has 1 aromatic carbocycles. The highest BCUT2D eigenvalue weighted by Gasteiger charge is 2.40. The maximum absolute atomic E-state index is 13.2. The van der Waals surface area contributed by atoms with E-state index in [1.165, 1.54) is 12.1 Å². The van der Waals surface area contributed by atoms with Crippen molar-refractivity contribution in [3.63, 3.8) is 0 Å². The zero-order valence-electron chi connectivity index (χ0n) is 10.6. The van der Waals surface area contributed by atoms with Gasteiger partial charge in [0.15, 0.2) is 0 Å². The molecule has 0 aliphatic carbocycles. The van der Waals surface area contributed by atoms with Gasteiger partial charge in [0, 0.05) is 13.1 Å². The maximum atomic E-state index is 13.2. The number of carbonyl (C=O) groups is 1. The molecule has 2 rings (SSSR count). The monoisotopic (exact) mass is 365 g/mol. The fourth-order valence-corrected chi connectivity index (χ4v) is 4.35. The molecule has 0 radical (unpaired) electrons. The Morgan fingerprint density at radius 1 is 1.45 bits per heavy atom. The third-order valence-corrected chi connectivity index (χ3v) is 5.86. The van der Waals surface area contributed by atoms with Gasteiger partial charge in [-0.25, -0.2) is 12.8 Å². The number of halogens is 2. The minimum absolute atomic E-state index is 0.0518. The number of benzene rings is 1. The van der Waals surface area contributed by atoms with Crippen LogP contribution in [0.1, 0.15) is 6.92 Å². The van der Waals surface area contributed by atoms with Crippen molar-refractivity contribution in [2.75, 3.05) is 13.1 Å². The Balaban J connectivity index is 2.32. The van der Waals surface area contributed by atoms with E-state index in [-0.39, 0.29) is 28.4 Å². The summed E-state index contributed by atoms with van der Waals surface area (Å²) in [5.41, 5.74) is 0. The Bertz CT molecular complexity index is 649. The standard InChI is InChI=1S/C12H13BrFNO4S/c1-7-5-15(6-9(7)12(16)17)20(18,19)8-2-3-11(14)10(13)4-8/h2-4,7,9H,5-6H2,1H3,(H,16,17)/t7-,9-/m1/s1. The second kappa shape index (κ2) is 5.42. The summed E-state index contributed by atoms with van der Waals surface area (Å²) in [4.78, 5) is 11.0. The molecule has 1 aromatic rings. The van der Waals surface area contributed by atoms with Crippen molar-refractivity contribution in [1.29, 1.82) is 0 Å². The predicted octanol–water partition coefficient (Wildman–Crippen LogP) is 1.93. The Morgan fingerprint density at radius 2 is 2.10 bits per heavy atom. The molecule has 1 aliphatic heterocycles. The first-order chi connectivity index (χ1) is 9.23. The van der Waals surface area contributed by atoms with Crippen molar-refractivity contribution < 1.29 is 22.7 Å². The molecule has 1 N–H and O–H groups in total. The summed E-state index contributed by atoms with van der Waals surface area (Å²) >= 11 is 2.94. The van der Waals surface area contributed by atoms with Gasteiger partial charge in [-0.15, -0.1) is 0 Å². The zero-order valence-corrected chi connectivity index (χ0v) is 13.0. The molecule has 5 nitrogen and oxygen atoms in total. The van der Waals surface area contributed by atoms with E-state index in [9.17, 15) is 17.6 Å². The molecular formula is C12H13BrFNO4S. The van der Waals surface area contributed by atoms with Crippen LogP contribution < -0.4 is 0 Å². The summed E-state index contributed by atoms with van der Waals surface area (Å²) < 4.78 is 39.2. The largest absolute Gasteiger partial charge is 0.481 e. The number of carboxylic acids is 1. The number of sulfonamides is 1. The Kier molecular flexibility index (Phi) is 4.17. The van der Waals surface area contributed by atoms with Crippen LogP contribution in [0.2, 0.25) is 0 Å². The second-order valence-corrected chi connectivity index (χ2v) is 7.61. The van der Waals surface area contributed by atoms with Crippen molar-refractivity contribution >= 4 is 31.9 Å². The van der Waals surface area contributed by atoms with Crippen LogP contribution in [-0.4, -0.2) is 36.9 Å². The molecule has 2 atom stereocenters. The fourth-order valence-electron chi connectivity index (χ4n) is 2.23. The van der Waals surface area contributed by atoms with Crippen LogP contribution in [0.4, 0.5) is 4.39 Å². The van der Waals surface area contributed by atoms with E-state index in [1.54, 1.807) is 6.92 Å². The molecule has 8 heteroatoms. The van der Waals surface area contributed by atoms with E-state index in [4.69, 9.17) is 5.11 Å². The molecule has 0 spiro atoms. The van der Waals surface area contributed by atoms with Gasteiger partial charge in [-0.1, -0.05) is 6.92 Å². The SMILES string of the molecule is C[C@@H]1CN(S(=O)(=O)c2ccc(F)c(Br)c2)C[C@H]1C(=O)O. The lowest BCUT2D eigenvalue weighted by Crippen LogP contribution is -2.30. The van der Waals surface area contributed by atoms with Gasteiger partial charge in [0.2, 0.25) is 10.0 Å². The van der Waals surface area contributed by atoms with Crippen molar-refractivity contribution in [3.05, 3.63) is 28.5 Å². The average molecular weight is 366 g/mol. The summed E-state index contributed by atoms with van der Waals surface area (Å²) in [6.45, 7) is 1.79. The highest BCUT2D eigenvalue weighted by molar-refractivity contribution is 9.10. The van der Waals surface area contributed by atoms with E-state index in [0.717, 1.165) is 10.4 Å². The first-order valence-electron chi connectivity index (χ1n) is 5.91. The molecule has 0 aromatic heterocycles. The summed E-state index contributed by atoms with van der Waals surface area (Å²) in [6.07, 6.45) is 0. The maximum Gasteiger partial charge on any atom is 0.308 e. The van der Waals surface area contributed by atoms with Crippen LogP contribution in [0.5, 0.6) is 0 Å². The second-order valence-electron chi connectivity index (χ2n) is 4.82. The van der Waals surface area contributed by atoms with Gasteiger partial charge in [0.05, 0.1) is 15.3 Å². The lowest BCUT2D eigenvalue weighted by atomic mass is 9.99. The van der Waals surface area contributed by atoms with Crippen LogP contribution in [0.15, 0.2) is 27.6 Å². The van der Waals surface area contributed by atoms with Crippen LogP contribution in [0.3, 0.4) is 0 Å². The van der Waals surface area contributed by atoms with Crippen molar-refractivity contribution in [1.82, 2.24) is 4.31 Å². The number of nitrogens with zero attached hydrogens (tertiary/aromatic N) is 1. The van der Waals surface area contributed by atoms with Gasteiger partial charge < -0.3 is 5.11 Å². The molecular weight excluding hydrogens is 353 g/mol. The van der Waals surface area contributed by atoms with Gasteiger partial charge in [-0.05, 0) is 40.0 Å². The molecule has 0 unspecified atom stereocenters. The van der Waals surface area contributed by atoms with E-state index < -0.39 is 27.7 Å². The molecule has 1 saturated heterocycles. The van der Waals surface area contributed by atoms with Crippen molar-refractivity contribution in [2.24, 2.45) is 11.8 Å². The molecule has 0 amide bonds. The number of carboxylic acid groups (broad SMARTS) is 1. The Hall–Kier alpha value is -0.990. The molecule has 1 aliphatic rings. The van der Waals surface area contributed by atoms with Gasteiger partial charge in [-0.2, -0.15) is 4.31 Å². The summed E-state index contributed by atoms with van der Waals surface area (Å²) in [5, 5.41) is 9.04. The smallest absolute Gasteiger partial charge is 0.308 e. The third-order valence-electron chi connectivity index (χ3n) is 3.42. The highest BCUT2D eigenvalue weighted by atomic mass is 79.9. The van der Waals surface area contributed by atoms with E-state index in [1.807, 2.05) is 0 Å². The molecule has 1 heterocycles. The first-order valence-corrected chi connectivity index (χ1v) is 8.15. The van der Waals surface area contributed by atoms with E-state index in [0.29, 0.717) is 0 Å². The number of hydrogen-bond donors (Lipinski definition) is 1. The highest BCUT2D eigenvalue weighted by Crippen LogP contribution is 2.30. The average Bonchev–Trinajstić information content (AvgIpc) is 2.75. The van der Waals surface area contributed by atoms with Gasteiger partial charge in [0.25, 0.3) is 0 Å². The summed E-state index contributed by atoms with van der Waals surface area (Å²) in [6, 6.07) is 3.42. The van der Waals surface area contributed by atoms with E-state index >= 15 is 0 Å². The predicted molar refractivity (Wildman–Crippen MR) is 73.1 cm³/mol. The lowest BCUT2D eigenvalue weighted by molar-refractivity contribution is -0.142. The molecule has 0 bridgehead atoms. The molecule has 20 heavy (non-hydrogen) atoms. The van der Waals surface area contributed by atoms with Gasteiger partial charge >= 0.3 is 5.97 Å². The van der Waals surface area contributed by atoms with Crippen molar-refractivity contribution in [3.8, 4) is 0 Å². The third kappa shape index (κ3) is 2.72.